The minimum absolute atomic E-state index is 0.126. The van der Waals surface area contributed by atoms with E-state index < -0.39 is 38.8 Å². The van der Waals surface area contributed by atoms with Crippen molar-refractivity contribution in [2.45, 2.75) is 19.9 Å². The number of nitrogens with zero attached hydrogens (tertiary/aromatic N) is 4. The third kappa shape index (κ3) is 5.80. The fraction of sp³-hybridized carbons (Fsp3) is 0.147. The Labute approximate surface area is 275 Å². The smallest absolute Gasteiger partial charge is 0.338 e. The second-order valence-electron chi connectivity index (χ2n) is 10.5. The number of fused-ring (bicyclic) bond motifs is 2. The number of ether oxygens (including phenoxy) is 3. The molecule has 242 valence electrons. The SMILES string of the molecule is CCOC(=O)C1=C(C)N=c2s/c(=C\c3cccc(Oc4ccc([N+](=O)[O-])cc4[N+](=O)[O-])c3)c(=O)n2[C@H]1c1c(OC)ccc2ccccc12. The minimum atomic E-state index is -0.916. The van der Waals surface area contributed by atoms with Crippen molar-refractivity contribution < 1.29 is 28.9 Å². The lowest BCUT2D eigenvalue weighted by Crippen LogP contribution is -2.40. The number of hydrogen-bond acceptors (Lipinski definition) is 11. The molecule has 1 aliphatic heterocycles. The normalized spacial score (nSPS) is 14.3. The molecule has 5 aromatic rings. The van der Waals surface area contributed by atoms with Crippen molar-refractivity contribution in [1.29, 1.82) is 0 Å². The fourth-order valence-electron chi connectivity index (χ4n) is 5.59. The van der Waals surface area contributed by atoms with E-state index in [4.69, 9.17) is 14.2 Å². The van der Waals surface area contributed by atoms with Crippen molar-refractivity contribution in [3.05, 3.63) is 141 Å². The highest BCUT2D eigenvalue weighted by atomic mass is 32.1. The summed E-state index contributed by atoms with van der Waals surface area (Å²) in [6.07, 6.45) is 1.63. The molecule has 0 bridgehead atoms. The lowest BCUT2D eigenvalue weighted by Gasteiger charge is -2.27. The molecule has 0 unspecified atom stereocenters. The van der Waals surface area contributed by atoms with Crippen LogP contribution in [0.15, 0.2) is 99.9 Å². The average molecular weight is 667 g/mol. The number of nitro benzene ring substituents is 2. The van der Waals surface area contributed by atoms with Crippen molar-refractivity contribution in [2.24, 2.45) is 4.99 Å². The largest absolute Gasteiger partial charge is 0.496 e. The van der Waals surface area contributed by atoms with Gasteiger partial charge in [-0.15, -0.1) is 0 Å². The molecule has 14 heteroatoms. The highest BCUT2D eigenvalue weighted by Crippen LogP contribution is 2.40. The van der Waals surface area contributed by atoms with Gasteiger partial charge in [0.05, 0.1) is 45.4 Å². The number of nitro groups is 2. The Kier molecular flexibility index (Phi) is 8.57. The molecule has 4 aromatic carbocycles. The molecule has 0 fully saturated rings. The minimum Gasteiger partial charge on any atom is -0.496 e. The lowest BCUT2D eigenvalue weighted by atomic mass is 9.90. The van der Waals surface area contributed by atoms with Gasteiger partial charge in [-0.05, 0) is 60.5 Å². The molecule has 6 rings (SSSR count). The van der Waals surface area contributed by atoms with Gasteiger partial charge in [-0.1, -0.05) is 53.8 Å². The average Bonchev–Trinajstić information content (AvgIpc) is 3.37. The van der Waals surface area contributed by atoms with E-state index in [1.165, 1.54) is 11.7 Å². The number of esters is 1. The van der Waals surface area contributed by atoms with Crippen LogP contribution >= 0.6 is 11.3 Å². The molecular weight excluding hydrogens is 640 g/mol. The van der Waals surface area contributed by atoms with Gasteiger partial charge in [0.15, 0.2) is 4.80 Å². The van der Waals surface area contributed by atoms with Gasteiger partial charge < -0.3 is 14.2 Å². The first-order chi connectivity index (χ1) is 23.1. The highest BCUT2D eigenvalue weighted by Gasteiger charge is 2.36. The van der Waals surface area contributed by atoms with Gasteiger partial charge in [-0.2, -0.15) is 0 Å². The quantitative estimate of drug-likeness (QED) is 0.111. The molecule has 1 aliphatic rings. The van der Waals surface area contributed by atoms with Crippen LogP contribution in [0.3, 0.4) is 0 Å². The Morgan fingerprint density at radius 3 is 2.50 bits per heavy atom. The number of carbonyl (C=O) groups is 1. The maximum Gasteiger partial charge on any atom is 0.338 e. The van der Waals surface area contributed by atoms with Crippen LogP contribution in [0.1, 0.15) is 31.0 Å². The van der Waals surface area contributed by atoms with Crippen LogP contribution in [0.2, 0.25) is 0 Å². The number of aromatic nitrogens is 1. The Morgan fingerprint density at radius 1 is 1.00 bits per heavy atom. The van der Waals surface area contributed by atoms with Crippen LogP contribution in [0, 0.1) is 20.2 Å². The highest BCUT2D eigenvalue weighted by molar-refractivity contribution is 7.07. The van der Waals surface area contributed by atoms with Crippen molar-refractivity contribution in [1.82, 2.24) is 4.57 Å². The zero-order valence-electron chi connectivity index (χ0n) is 25.7. The molecule has 0 radical (unpaired) electrons. The van der Waals surface area contributed by atoms with Crippen LogP contribution in [-0.4, -0.2) is 34.1 Å². The van der Waals surface area contributed by atoms with Gasteiger partial charge in [0.1, 0.15) is 17.5 Å². The first-order valence-electron chi connectivity index (χ1n) is 14.6. The number of rotatable bonds is 9. The van der Waals surface area contributed by atoms with E-state index in [-0.39, 0.29) is 23.7 Å². The molecule has 48 heavy (non-hydrogen) atoms. The maximum atomic E-state index is 14.3. The number of hydrogen-bond donors (Lipinski definition) is 0. The number of thiazole rings is 1. The summed E-state index contributed by atoms with van der Waals surface area (Å²) in [6.45, 7) is 3.53. The van der Waals surface area contributed by atoms with Gasteiger partial charge in [-0.3, -0.25) is 29.6 Å². The topological polar surface area (TPSA) is 165 Å². The van der Waals surface area contributed by atoms with Gasteiger partial charge in [0, 0.05) is 11.6 Å². The Morgan fingerprint density at radius 2 is 1.77 bits per heavy atom. The summed E-state index contributed by atoms with van der Waals surface area (Å²) in [4.78, 5) is 54.0. The van der Waals surface area contributed by atoms with Crippen LogP contribution in [0.5, 0.6) is 17.2 Å². The van der Waals surface area contributed by atoms with Gasteiger partial charge >= 0.3 is 11.7 Å². The molecule has 13 nitrogen and oxygen atoms in total. The standard InChI is InChI=1S/C34H26N4O9S/c1-4-46-33(40)29-19(2)35-34-36(31(29)30-24-11-6-5-9-21(24)12-14-27(30)45-3)32(39)28(48-34)17-20-8-7-10-23(16-20)47-26-15-13-22(37(41)42)18-25(26)38(43)44/h5-18,31H,4H2,1-3H3/b28-17-/t31-/m1/s1. The molecule has 0 amide bonds. The van der Waals surface area contributed by atoms with Gasteiger partial charge in [0.25, 0.3) is 11.2 Å². The number of benzene rings is 4. The third-order valence-electron chi connectivity index (χ3n) is 7.67. The first kappa shape index (κ1) is 31.8. The van der Waals surface area contributed by atoms with Crippen molar-refractivity contribution in [3.8, 4) is 17.2 Å². The summed E-state index contributed by atoms with van der Waals surface area (Å²) in [5, 5.41) is 24.4. The summed E-state index contributed by atoms with van der Waals surface area (Å²) in [6, 6.07) is 20.0. The summed E-state index contributed by atoms with van der Waals surface area (Å²) in [5.74, 6) is -0.103. The Balaban J connectivity index is 1.49. The monoisotopic (exact) mass is 666 g/mol. The van der Waals surface area contributed by atoms with Crippen molar-refractivity contribution in [3.63, 3.8) is 0 Å². The summed E-state index contributed by atoms with van der Waals surface area (Å²) in [5.41, 5.74) is 0.333. The van der Waals surface area contributed by atoms with E-state index in [0.717, 1.165) is 40.3 Å². The lowest BCUT2D eigenvalue weighted by molar-refractivity contribution is -0.394. The van der Waals surface area contributed by atoms with E-state index in [9.17, 15) is 29.8 Å². The van der Waals surface area contributed by atoms with Crippen LogP contribution in [0.25, 0.3) is 16.8 Å². The van der Waals surface area contributed by atoms with E-state index in [1.807, 2.05) is 30.3 Å². The number of methoxy groups -OCH3 is 1. The number of non-ortho nitro benzene ring substituents is 1. The van der Waals surface area contributed by atoms with Gasteiger partial charge in [0.2, 0.25) is 5.75 Å². The second kappa shape index (κ2) is 12.9. The first-order valence-corrected chi connectivity index (χ1v) is 15.4. The Hall–Kier alpha value is -6.15. The zero-order chi connectivity index (χ0) is 34.1. The maximum absolute atomic E-state index is 14.3. The van der Waals surface area contributed by atoms with Crippen molar-refractivity contribution >= 4 is 45.5 Å². The Bertz CT molecular complexity index is 2360. The van der Waals surface area contributed by atoms with Crippen LogP contribution < -0.4 is 24.4 Å². The summed E-state index contributed by atoms with van der Waals surface area (Å²) in [7, 11) is 1.53. The molecule has 1 atom stereocenters. The van der Waals surface area contributed by atoms with Crippen LogP contribution in [-0.2, 0) is 9.53 Å². The molecule has 0 N–H and O–H groups in total. The summed E-state index contributed by atoms with van der Waals surface area (Å²) >= 11 is 1.13. The molecule has 0 aliphatic carbocycles. The molecule has 1 aromatic heterocycles. The van der Waals surface area contributed by atoms with E-state index >= 15 is 0 Å². The van der Waals surface area contributed by atoms with Gasteiger partial charge in [-0.25, -0.2) is 9.79 Å². The van der Waals surface area contributed by atoms with E-state index in [1.54, 1.807) is 50.3 Å². The van der Waals surface area contributed by atoms with Crippen LogP contribution in [0.4, 0.5) is 11.4 Å². The zero-order valence-corrected chi connectivity index (χ0v) is 26.6. The fourth-order valence-corrected chi connectivity index (χ4v) is 6.64. The molecular formula is C34H26N4O9S. The number of carbonyl (C=O) groups excluding carboxylic acids is 1. The van der Waals surface area contributed by atoms with Crippen molar-refractivity contribution in [2.75, 3.05) is 13.7 Å². The molecule has 0 saturated carbocycles. The third-order valence-corrected chi connectivity index (χ3v) is 8.66. The summed E-state index contributed by atoms with van der Waals surface area (Å²) < 4.78 is 18.8. The predicted octanol–water partition coefficient (Wildman–Crippen LogP) is 5.57. The molecule has 0 saturated heterocycles. The molecule has 0 spiro atoms. The molecule has 2 heterocycles. The number of allylic oxidation sites excluding steroid dienone is 1. The predicted molar refractivity (Wildman–Crippen MR) is 177 cm³/mol. The van der Waals surface area contributed by atoms with E-state index in [0.29, 0.717) is 31.9 Å². The second-order valence-corrected chi connectivity index (χ2v) is 11.6. The van der Waals surface area contributed by atoms with E-state index in [2.05, 4.69) is 4.99 Å².